The fourth-order valence-electron chi connectivity index (χ4n) is 1.58. The van der Waals surface area contributed by atoms with Crippen molar-refractivity contribution in [3.05, 3.63) is 33.9 Å². The largest absolute Gasteiger partial charge is 0.461 e. The second-order valence-corrected chi connectivity index (χ2v) is 4.77. The van der Waals surface area contributed by atoms with Crippen LogP contribution < -0.4 is 5.73 Å². The number of hydrogen-bond acceptors (Lipinski definition) is 5. The van der Waals surface area contributed by atoms with E-state index in [1.54, 1.807) is 6.92 Å². The number of nitrogens with zero attached hydrogens (tertiary/aromatic N) is 1. The number of nitrogens with two attached hydrogens (primary N) is 1. The summed E-state index contributed by atoms with van der Waals surface area (Å²) in [6.45, 7) is 3.93. The quantitative estimate of drug-likeness (QED) is 0.877. The standard InChI is InChI=1S/C13H13BrN2O3/c1-3-18-13(17)10-11(15)19-12(16-10)8-4-5-9(14)7(2)6-8/h4-6H,3,15H2,1-2H3. The van der Waals surface area contributed by atoms with Gasteiger partial charge in [-0.15, -0.1) is 0 Å². The molecular weight excluding hydrogens is 312 g/mol. The molecule has 2 N–H and O–H groups in total. The van der Waals surface area contributed by atoms with Crippen molar-refractivity contribution in [1.82, 2.24) is 4.98 Å². The molecule has 19 heavy (non-hydrogen) atoms. The molecule has 5 nitrogen and oxygen atoms in total. The Hall–Kier alpha value is -1.82. The van der Waals surface area contributed by atoms with Gasteiger partial charge in [0.1, 0.15) is 0 Å². The minimum absolute atomic E-state index is 0.0115. The monoisotopic (exact) mass is 324 g/mol. The van der Waals surface area contributed by atoms with Crippen molar-refractivity contribution < 1.29 is 13.9 Å². The SMILES string of the molecule is CCOC(=O)c1nc(-c2ccc(Br)c(C)c2)oc1N. The number of esters is 1. The molecule has 2 aromatic rings. The highest BCUT2D eigenvalue weighted by Crippen LogP contribution is 2.27. The number of nitrogen functional groups attached to an aromatic ring is 1. The Morgan fingerprint density at radius 2 is 2.26 bits per heavy atom. The van der Waals surface area contributed by atoms with Crippen LogP contribution in [0.5, 0.6) is 0 Å². The molecule has 0 radical (unpaired) electrons. The molecule has 0 aliphatic rings. The van der Waals surface area contributed by atoms with Crippen molar-refractivity contribution >= 4 is 27.8 Å². The first-order valence-corrected chi connectivity index (χ1v) is 6.52. The molecule has 0 unspecified atom stereocenters. The van der Waals surface area contributed by atoms with Crippen LogP contribution in [0.1, 0.15) is 23.0 Å². The maximum atomic E-state index is 11.6. The van der Waals surface area contributed by atoms with Gasteiger partial charge in [-0.2, -0.15) is 4.98 Å². The van der Waals surface area contributed by atoms with Gasteiger partial charge in [-0.1, -0.05) is 15.9 Å². The third-order valence-corrected chi connectivity index (χ3v) is 3.42. The first kappa shape index (κ1) is 13.6. The number of hydrogen-bond donors (Lipinski definition) is 1. The normalized spacial score (nSPS) is 10.5. The Kier molecular flexibility index (Phi) is 3.90. The molecule has 0 aliphatic carbocycles. The number of ether oxygens (including phenoxy) is 1. The van der Waals surface area contributed by atoms with Gasteiger partial charge < -0.3 is 14.9 Å². The lowest BCUT2D eigenvalue weighted by Gasteiger charge is -1.99. The molecule has 0 atom stereocenters. The molecule has 0 saturated heterocycles. The number of anilines is 1. The molecule has 0 fully saturated rings. The van der Waals surface area contributed by atoms with Crippen LogP contribution >= 0.6 is 15.9 Å². The number of rotatable bonds is 3. The summed E-state index contributed by atoms with van der Waals surface area (Å²) in [6, 6.07) is 5.61. The van der Waals surface area contributed by atoms with Gasteiger partial charge in [0.15, 0.2) is 0 Å². The summed E-state index contributed by atoms with van der Waals surface area (Å²) >= 11 is 3.42. The van der Waals surface area contributed by atoms with Gasteiger partial charge in [0.05, 0.1) is 6.61 Å². The number of halogens is 1. The highest BCUT2D eigenvalue weighted by atomic mass is 79.9. The van der Waals surface area contributed by atoms with Gasteiger partial charge in [0.2, 0.25) is 17.5 Å². The van der Waals surface area contributed by atoms with Crippen LogP contribution in [0, 0.1) is 6.92 Å². The summed E-state index contributed by atoms with van der Waals surface area (Å²) in [7, 11) is 0. The maximum absolute atomic E-state index is 11.6. The Morgan fingerprint density at radius 1 is 1.53 bits per heavy atom. The fraction of sp³-hybridized carbons (Fsp3) is 0.231. The van der Waals surface area contributed by atoms with Crippen LogP contribution in [0.15, 0.2) is 27.1 Å². The van der Waals surface area contributed by atoms with Crippen LogP contribution in [0.2, 0.25) is 0 Å². The van der Waals surface area contributed by atoms with E-state index in [1.807, 2.05) is 25.1 Å². The predicted octanol–water partition coefficient (Wildman–Crippen LogP) is 3.17. The van der Waals surface area contributed by atoms with E-state index in [-0.39, 0.29) is 18.2 Å². The minimum atomic E-state index is -0.580. The van der Waals surface area contributed by atoms with Gasteiger partial charge in [0, 0.05) is 10.0 Å². The number of benzene rings is 1. The van der Waals surface area contributed by atoms with Crippen molar-refractivity contribution in [3.63, 3.8) is 0 Å². The number of carbonyl (C=O) groups excluding carboxylic acids is 1. The Morgan fingerprint density at radius 3 is 2.89 bits per heavy atom. The van der Waals surface area contributed by atoms with Crippen LogP contribution in [0.25, 0.3) is 11.5 Å². The molecule has 0 spiro atoms. The predicted molar refractivity (Wildman–Crippen MR) is 74.7 cm³/mol. The van der Waals surface area contributed by atoms with Crippen molar-refractivity contribution in [2.45, 2.75) is 13.8 Å². The summed E-state index contributed by atoms with van der Waals surface area (Å²) in [4.78, 5) is 15.7. The van der Waals surface area contributed by atoms with E-state index in [2.05, 4.69) is 20.9 Å². The van der Waals surface area contributed by atoms with E-state index in [0.717, 1.165) is 15.6 Å². The summed E-state index contributed by atoms with van der Waals surface area (Å²) in [5, 5.41) is 0. The molecule has 0 aliphatic heterocycles. The summed E-state index contributed by atoms with van der Waals surface area (Å²) < 4.78 is 11.2. The van der Waals surface area contributed by atoms with Gasteiger partial charge >= 0.3 is 5.97 Å². The van der Waals surface area contributed by atoms with Crippen molar-refractivity contribution in [3.8, 4) is 11.5 Å². The average Bonchev–Trinajstić information content (AvgIpc) is 2.75. The van der Waals surface area contributed by atoms with Gasteiger partial charge in [-0.25, -0.2) is 4.79 Å². The van der Waals surface area contributed by atoms with E-state index in [0.29, 0.717) is 5.89 Å². The zero-order valence-corrected chi connectivity index (χ0v) is 12.2. The fourth-order valence-corrected chi connectivity index (χ4v) is 1.83. The topological polar surface area (TPSA) is 78.3 Å². The first-order chi connectivity index (χ1) is 9.02. The number of aromatic nitrogens is 1. The van der Waals surface area contributed by atoms with Gasteiger partial charge in [0.25, 0.3) is 0 Å². The average molecular weight is 325 g/mol. The van der Waals surface area contributed by atoms with Crippen LogP contribution in [-0.2, 0) is 4.74 Å². The molecule has 1 aromatic heterocycles. The lowest BCUT2D eigenvalue weighted by atomic mass is 10.1. The zero-order chi connectivity index (χ0) is 14.0. The van der Waals surface area contributed by atoms with Crippen LogP contribution in [-0.4, -0.2) is 17.6 Å². The van der Waals surface area contributed by atoms with E-state index in [9.17, 15) is 4.79 Å². The van der Waals surface area contributed by atoms with E-state index >= 15 is 0 Å². The Bertz CT molecular complexity index is 622. The molecule has 2 rings (SSSR count). The minimum Gasteiger partial charge on any atom is -0.461 e. The Balaban J connectivity index is 2.38. The molecule has 1 heterocycles. The zero-order valence-electron chi connectivity index (χ0n) is 10.6. The summed E-state index contributed by atoms with van der Waals surface area (Å²) in [6.07, 6.45) is 0. The lowest BCUT2D eigenvalue weighted by Crippen LogP contribution is -2.07. The molecule has 0 amide bonds. The smallest absolute Gasteiger partial charge is 0.362 e. The highest BCUT2D eigenvalue weighted by molar-refractivity contribution is 9.10. The van der Waals surface area contributed by atoms with Crippen molar-refractivity contribution in [1.29, 1.82) is 0 Å². The summed E-state index contributed by atoms with van der Waals surface area (Å²) in [5.74, 6) is -0.311. The second kappa shape index (κ2) is 5.44. The van der Waals surface area contributed by atoms with Crippen LogP contribution in [0.4, 0.5) is 5.88 Å². The third-order valence-electron chi connectivity index (χ3n) is 2.53. The summed E-state index contributed by atoms with van der Waals surface area (Å²) in [5.41, 5.74) is 7.44. The maximum Gasteiger partial charge on any atom is 0.362 e. The molecule has 0 bridgehead atoms. The molecule has 100 valence electrons. The molecular formula is C13H13BrN2O3. The van der Waals surface area contributed by atoms with E-state index in [1.165, 1.54) is 0 Å². The number of aryl methyl sites for hydroxylation is 1. The van der Waals surface area contributed by atoms with Crippen molar-refractivity contribution in [2.75, 3.05) is 12.3 Å². The molecule has 1 aromatic carbocycles. The molecule has 6 heteroatoms. The molecule has 0 saturated carbocycles. The van der Waals surface area contributed by atoms with Gasteiger partial charge in [-0.3, -0.25) is 0 Å². The highest BCUT2D eigenvalue weighted by Gasteiger charge is 2.20. The van der Waals surface area contributed by atoms with E-state index < -0.39 is 5.97 Å². The Labute approximate surface area is 118 Å². The number of carbonyl (C=O) groups is 1. The van der Waals surface area contributed by atoms with Crippen molar-refractivity contribution in [2.24, 2.45) is 0 Å². The van der Waals surface area contributed by atoms with Gasteiger partial charge in [-0.05, 0) is 37.6 Å². The number of oxazole rings is 1. The second-order valence-electron chi connectivity index (χ2n) is 3.92. The lowest BCUT2D eigenvalue weighted by molar-refractivity contribution is 0.0521. The first-order valence-electron chi connectivity index (χ1n) is 5.73. The van der Waals surface area contributed by atoms with E-state index in [4.69, 9.17) is 14.9 Å². The third kappa shape index (κ3) is 2.78. The van der Waals surface area contributed by atoms with Crippen LogP contribution in [0.3, 0.4) is 0 Å².